The summed E-state index contributed by atoms with van der Waals surface area (Å²) in [5.41, 5.74) is 5.01. The topological polar surface area (TPSA) is 63.0 Å². The largest absolute Gasteiger partial charge is 0.485 e. The normalized spacial score (nSPS) is 11.6. The second-order valence-corrected chi connectivity index (χ2v) is 7.34. The van der Waals surface area contributed by atoms with Crippen LogP contribution >= 0.6 is 11.3 Å². The number of benzene rings is 2. The molecule has 0 radical (unpaired) electrons. The van der Waals surface area contributed by atoms with E-state index in [-0.39, 0.29) is 12.4 Å². The van der Waals surface area contributed by atoms with E-state index >= 15 is 0 Å². The molecule has 1 unspecified atom stereocenters. The van der Waals surface area contributed by atoms with Gasteiger partial charge in [0.15, 0.2) is 11.7 Å². The fourth-order valence-corrected chi connectivity index (χ4v) is 3.55. The molecule has 3 rings (SSSR count). The average Bonchev–Trinajstić information content (AvgIpc) is 3.14. The zero-order chi connectivity index (χ0) is 19.4. The summed E-state index contributed by atoms with van der Waals surface area (Å²) in [6.45, 7) is 5.81. The third-order valence-corrected chi connectivity index (χ3v) is 5.40. The number of carbonyl (C=O) groups excluding carboxylic acids is 1. The fraction of sp³-hybridized carbons (Fsp3) is 0.227. The minimum Gasteiger partial charge on any atom is -0.485 e. The molecule has 0 N–H and O–H groups in total. The maximum Gasteiger partial charge on any atom is 0.194 e. The molecule has 3 aromatic rings. The first-order valence-electron chi connectivity index (χ1n) is 8.63. The zero-order valence-corrected chi connectivity index (χ0v) is 16.3. The molecule has 0 bridgehead atoms. The van der Waals surface area contributed by atoms with E-state index in [0.717, 1.165) is 22.4 Å². The highest BCUT2D eigenvalue weighted by Gasteiger charge is 2.24. The molecular formula is C22H20N2O2S. The number of carbonyl (C=O) groups is 1. The summed E-state index contributed by atoms with van der Waals surface area (Å²) in [5.74, 6) is -0.540. The number of nitriles is 1. The predicted molar refractivity (Wildman–Crippen MR) is 107 cm³/mol. The lowest BCUT2D eigenvalue weighted by molar-refractivity contribution is -0.121. The first-order chi connectivity index (χ1) is 13.0. The summed E-state index contributed by atoms with van der Waals surface area (Å²) in [6.07, 6.45) is 0. The van der Waals surface area contributed by atoms with Crippen LogP contribution in [0.2, 0.25) is 0 Å². The van der Waals surface area contributed by atoms with Gasteiger partial charge in [-0.2, -0.15) is 5.26 Å². The van der Waals surface area contributed by atoms with Gasteiger partial charge in [0.25, 0.3) is 0 Å². The van der Waals surface area contributed by atoms with Gasteiger partial charge in [0.05, 0.1) is 11.8 Å². The van der Waals surface area contributed by atoms with Crippen molar-refractivity contribution in [1.82, 2.24) is 4.98 Å². The molecular weight excluding hydrogens is 356 g/mol. The Morgan fingerprint density at radius 2 is 1.93 bits per heavy atom. The maximum absolute atomic E-state index is 12.6. The first kappa shape index (κ1) is 18.8. The monoisotopic (exact) mass is 376 g/mol. The molecule has 136 valence electrons. The predicted octanol–water partition coefficient (Wildman–Crippen LogP) is 4.99. The van der Waals surface area contributed by atoms with Gasteiger partial charge in [-0.05, 0) is 38.0 Å². The van der Waals surface area contributed by atoms with Crippen LogP contribution in [0, 0.1) is 32.1 Å². The Bertz CT molecular complexity index is 1000. The third-order valence-electron chi connectivity index (χ3n) is 4.49. The van der Waals surface area contributed by atoms with Crippen LogP contribution in [-0.2, 0) is 4.79 Å². The molecule has 0 fully saturated rings. The lowest BCUT2D eigenvalue weighted by Crippen LogP contribution is -2.19. The van der Waals surface area contributed by atoms with E-state index in [1.165, 1.54) is 16.9 Å². The molecule has 1 aromatic heterocycles. The number of ketones is 1. The number of aryl methyl sites for hydroxylation is 2. The molecule has 0 saturated carbocycles. The van der Waals surface area contributed by atoms with Gasteiger partial charge in [-0.1, -0.05) is 42.0 Å². The average molecular weight is 376 g/mol. The van der Waals surface area contributed by atoms with Crippen LogP contribution in [0.4, 0.5) is 0 Å². The first-order valence-corrected chi connectivity index (χ1v) is 9.51. The van der Waals surface area contributed by atoms with Crippen molar-refractivity contribution in [3.05, 3.63) is 69.5 Å². The van der Waals surface area contributed by atoms with Crippen molar-refractivity contribution < 1.29 is 9.53 Å². The van der Waals surface area contributed by atoms with E-state index in [0.29, 0.717) is 10.8 Å². The van der Waals surface area contributed by atoms with Crippen molar-refractivity contribution in [2.45, 2.75) is 26.7 Å². The van der Waals surface area contributed by atoms with Crippen molar-refractivity contribution in [2.75, 3.05) is 6.61 Å². The molecule has 0 aliphatic rings. The highest BCUT2D eigenvalue weighted by atomic mass is 32.1. The second kappa shape index (κ2) is 8.15. The minimum atomic E-state index is -0.917. The molecule has 1 atom stereocenters. The molecule has 0 saturated heterocycles. The second-order valence-electron chi connectivity index (χ2n) is 6.45. The number of ether oxygens (including phenoxy) is 1. The lowest BCUT2D eigenvalue weighted by Gasteiger charge is -2.11. The standard InChI is InChI=1S/C22H20N2O2S/c1-14-7-9-17(10-8-14)19-13-27-22(24-19)18(11-23)20(25)12-26-21-6-4-5-15(2)16(21)3/h4-10,13,18H,12H2,1-3H3. The van der Waals surface area contributed by atoms with E-state index in [4.69, 9.17) is 4.74 Å². The van der Waals surface area contributed by atoms with Gasteiger partial charge in [-0.15, -0.1) is 11.3 Å². The minimum absolute atomic E-state index is 0.151. The van der Waals surface area contributed by atoms with Gasteiger partial charge < -0.3 is 4.74 Å². The molecule has 0 aliphatic heterocycles. The van der Waals surface area contributed by atoms with Crippen molar-refractivity contribution in [3.8, 4) is 23.1 Å². The van der Waals surface area contributed by atoms with Crippen molar-refractivity contribution in [1.29, 1.82) is 5.26 Å². The zero-order valence-electron chi connectivity index (χ0n) is 15.5. The van der Waals surface area contributed by atoms with E-state index in [9.17, 15) is 10.1 Å². The molecule has 0 spiro atoms. The van der Waals surface area contributed by atoms with Gasteiger partial charge in [0.2, 0.25) is 0 Å². The van der Waals surface area contributed by atoms with E-state index in [1.54, 1.807) is 0 Å². The molecule has 27 heavy (non-hydrogen) atoms. The molecule has 5 heteroatoms. The summed E-state index contributed by atoms with van der Waals surface area (Å²) >= 11 is 1.33. The highest BCUT2D eigenvalue weighted by Crippen LogP contribution is 2.28. The molecule has 0 aliphatic carbocycles. The summed E-state index contributed by atoms with van der Waals surface area (Å²) in [6, 6.07) is 15.8. The molecule has 0 amide bonds. The molecule has 2 aromatic carbocycles. The van der Waals surface area contributed by atoms with Gasteiger partial charge in [-0.25, -0.2) is 4.98 Å². The molecule has 4 nitrogen and oxygen atoms in total. The van der Waals surface area contributed by atoms with Crippen molar-refractivity contribution in [2.24, 2.45) is 0 Å². The Hall–Kier alpha value is -2.97. The van der Waals surface area contributed by atoms with Crippen LogP contribution in [0.3, 0.4) is 0 Å². The number of hydrogen-bond donors (Lipinski definition) is 0. The Morgan fingerprint density at radius 1 is 1.19 bits per heavy atom. The smallest absolute Gasteiger partial charge is 0.194 e. The highest BCUT2D eigenvalue weighted by molar-refractivity contribution is 7.10. The quantitative estimate of drug-likeness (QED) is 0.608. The van der Waals surface area contributed by atoms with E-state index in [1.807, 2.05) is 68.6 Å². The Kier molecular flexibility index (Phi) is 5.68. The Labute approximate surface area is 163 Å². The summed E-state index contributed by atoms with van der Waals surface area (Å²) in [7, 11) is 0. The van der Waals surface area contributed by atoms with Crippen LogP contribution in [0.1, 0.15) is 27.6 Å². The van der Waals surface area contributed by atoms with E-state index < -0.39 is 5.92 Å². The fourth-order valence-electron chi connectivity index (χ4n) is 2.65. The van der Waals surface area contributed by atoms with Crippen LogP contribution < -0.4 is 4.74 Å². The van der Waals surface area contributed by atoms with Crippen LogP contribution in [-0.4, -0.2) is 17.4 Å². The van der Waals surface area contributed by atoms with Gasteiger partial charge in [0, 0.05) is 10.9 Å². The summed E-state index contributed by atoms with van der Waals surface area (Å²) < 4.78 is 5.66. The number of thiazole rings is 1. The maximum atomic E-state index is 12.6. The third kappa shape index (κ3) is 4.24. The van der Waals surface area contributed by atoms with Crippen molar-refractivity contribution >= 4 is 17.1 Å². The van der Waals surface area contributed by atoms with Crippen molar-refractivity contribution in [3.63, 3.8) is 0 Å². The van der Waals surface area contributed by atoms with Gasteiger partial charge >= 0.3 is 0 Å². The number of aromatic nitrogens is 1. The Morgan fingerprint density at radius 3 is 2.63 bits per heavy atom. The molecule has 1 heterocycles. The number of hydrogen-bond acceptors (Lipinski definition) is 5. The number of rotatable bonds is 6. The Balaban J connectivity index is 1.73. The van der Waals surface area contributed by atoms with Crippen LogP contribution in [0.25, 0.3) is 11.3 Å². The van der Waals surface area contributed by atoms with Crippen LogP contribution in [0.5, 0.6) is 5.75 Å². The lowest BCUT2D eigenvalue weighted by atomic mass is 10.1. The summed E-state index contributed by atoms with van der Waals surface area (Å²) in [5, 5.41) is 11.9. The van der Waals surface area contributed by atoms with Gasteiger partial charge in [-0.3, -0.25) is 4.79 Å². The summed E-state index contributed by atoms with van der Waals surface area (Å²) in [4.78, 5) is 17.1. The van der Waals surface area contributed by atoms with E-state index in [2.05, 4.69) is 11.1 Å². The van der Waals surface area contributed by atoms with Crippen LogP contribution in [0.15, 0.2) is 47.8 Å². The number of nitrogens with zero attached hydrogens (tertiary/aromatic N) is 2. The SMILES string of the molecule is Cc1ccc(-c2csc(C(C#N)C(=O)COc3cccc(C)c3C)n2)cc1. The number of Topliss-reactive ketones (excluding diaryl/α,β-unsaturated/α-hetero) is 1. The van der Waals surface area contributed by atoms with Gasteiger partial charge in [0.1, 0.15) is 17.4 Å².